The van der Waals surface area contributed by atoms with Crippen molar-refractivity contribution in [2.75, 3.05) is 26.0 Å². The number of hydrogen-bond donors (Lipinski definition) is 1. The number of thiophene rings is 1. The monoisotopic (exact) mass is 383 g/mol. The van der Waals surface area contributed by atoms with Crippen molar-refractivity contribution < 1.29 is 9.53 Å². The molecule has 0 saturated carbocycles. The number of nitrogens with zero attached hydrogens (tertiary/aromatic N) is 2. The quantitative estimate of drug-likeness (QED) is 0.431. The van der Waals surface area contributed by atoms with Crippen molar-refractivity contribution in [3.05, 3.63) is 20.8 Å². The second-order valence-corrected chi connectivity index (χ2v) is 8.44. The lowest BCUT2D eigenvalue weighted by Gasteiger charge is -2.14. The molecule has 25 heavy (non-hydrogen) atoms. The molecule has 0 saturated heterocycles. The van der Waals surface area contributed by atoms with Crippen LogP contribution in [-0.2, 0) is 16.1 Å². The lowest BCUT2D eigenvalue weighted by molar-refractivity contribution is -0.118. The van der Waals surface area contributed by atoms with Crippen LogP contribution in [0.5, 0.6) is 0 Å². The van der Waals surface area contributed by atoms with E-state index in [9.17, 15) is 9.59 Å². The van der Waals surface area contributed by atoms with Gasteiger partial charge in [-0.05, 0) is 25.3 Å². The van der Waals surface area contributed by atoms with E-state index in [4.69, 9.17) is 4.74 Å². The number of aromatic nitrogens is 2. The first-order valence-corrected chi connectivity index (χ1v) is 10.0. The van der Waals surface area contributed by atoms with Gasteiger partial charge in [0.15, 0.2) is 5.16 Å². The van der Waals surface area contributed by atoms with Crippen LogP contribution in [0.2, 0.25) is 0 Å². The second kappa shape index (κ2) is 8.82. The van der Waals surface area contributed by atoms with E-state index < -0.39 is 0 Å². The molecule has 1 N–H and O–H groups in total. The molecule has 0 atom stereocenters. The van der Waals surface area contributed by atoms with Crippen LogP contribution in [-0.4, -0.2) is 41.5 Å². The van der Waals surface area contributed by atoms with Gasteiger partial charge >= 0.3 is 0 Å². The third-order valence-corrected chi connectivity index (χ3v) is 5.84. The molecular weight excluding hydrogens is 358 g/mol. The number of methoxy groups -OCH3 is 1. The first kappa shape index (κ1) is 19.9. The summed E-state index contributed by atoms with van der Waals surface area (Å²) in [6.07, 6.45) is 0. The van der Waals surface area contributed by atoms with Crippen molar-refractivity contribution in [1.82, 2.24) is 14.9 Å². The van der Waals surface area contributed by atoms with E-state index in [0.717, 1.165) is 15.3 Å². The Morgan fingerprint density at radius 2 is 2.12 bits per heavy atom. The van der Waals surface area contributed by atoms with Gasteiger partial charge in [0.1, 0.15) is 4.83 Å². The molecule has 1 amide bonds. The Balaban J connectivity index is 2.31. The Hall–Kier alpha value is -1.38. The van der Waals surface area contributed by atoms with Gasteiger partial charge in [-0.2, -0.15) is 0 Å². The van der Waals surface area contributed by atoms with Gasteiger partial charge in [-0.15, -0.1) is 11.3 Å². The van der Waals surface area contributed by atoms with Gasteiger partial charge in [0, 0.05) is 25.1 Å². The van der Waals surface area contributed by atoms with E-state index >= 15 is 0 Å². The largest absolute Gasteiger partial charge is 0.383 e. The molecular formula is C17H25N3O3S2. The zero-order valence-corrected chi connectivity index (χ0v) is 17.0. The highest BCUT2D eigenvalue weighted by Gasteiger charge is 2.18. The fourth-order valence-corrected chi connectivity index (χ4v) is 4.33. The highest BCUT2D eigenvalue weighted by molar-refractivity contribution is 7.99. The minimum absolute atomic E-state index is 0.0113. The number of aryl methyl sites for hydroxylation is 2. The lowest BCUT2D eigenvalue weighted by atomic mass is 10.2. The third kappa shape index (κ3) is 4.83. The molecule has 6 nitrogen and oxygen atoms in total. The van der Waals surface area contributed by atoms with Crippen molar-refractivity contribution in [3.63, 3.8) is 0 Å². The number of rotatable bonds is 8. The van der Waals surface area contributed by atoms with Crippen LogP contribution in [0.4, 0.5) is 0 Å². The average Bonchev–Trinajstić information content (AvgIpc) is 2.83. The normalized spacial score (nSPS) is 11.4. The maximum Gasteiger partial charge on any atom is 0.263 e. The maximum atomic E-state index is 13.0. The number of amides is 1. The number of ether oxygens (including phenoxy) is 1. The van der Waals surface area contributed by atoms with Crippen molar-refractivity contribution in [2.24, 2.45) is 5.92 Å². The zero-order chi connectivity index (χ0) is 18.6. The first-order chi connectivity index (χ1) is 11.8. The van der Waals surface area contributed by atoms with Crippen molar-refractivity contribution >= 4 is 39.2 Å². The predicted octanol–water partition coefficient (Wildman–Crippen LogP) is 2.59. The predicted molar refractivity (Wildman–Crippen MR) is 104 cm³/mol. The lowest BCUT2D eigenvalue weighted by Crippen LogP contribution is -2.29. The highest BCUT2D eigenvalue weighted by atomic mass is 32.2. The Bertz CT molecular complexity index is 812. The summed E-state index contributed by atoms with van der Waals surface area (Å²) in [5.74, 6) is 0.446. The van der Waals surface area contributed by atoms with Gasteiger partial charge in [-0.3, -0.25) is 14.2 Å². The molecule has 0 aliphatic rings. The summed E-state index contributed by atoms with van der Waals surface area (Å²) < 4.78 is 6.62. The molecule has 0 bridgehead atoms. The zero-order valence-electron chi connectivity index (χ0n) is 15.3. The fourth-order valence-electron chi connectivity index (χ4n) is 2.42. The summed E-state index contributed by atoms with van der Waals surface area (Å²) in [6, 6.07) is 0. The molecule has 138 valence electrons. The van der Waals surface area contributed by atoms with E-state index in [-0.39, 0.29) is 17.2 Å². The fraction of sp³-hybridized carbons (Fsp3) is 0.588. The first-order valence-electron chi connectivity index (χ1n) is 8.24. The maximum absolute atomic E-state index is 13.0. The summed E-state index contributed by atoms with van der Waals surface area (Å²) in [5.41, 5.74) is 0.992. The minimum Gasteiger partial charge on any atom is -0.383 e. The van der Waals surface area contributed by atoms with Crippen molar-refractivity contribution in [2.45, 2.75) is 39.4 Å². The molecule has 2 aromatic heterocycles. The number of carbonyl (C=O) groups excluding carboxylic acids is 1. The van der Waals surface area contributed by atoms with Crippen LogP contribution >= 0.6 is 23.1 Å². The van der Waals surface area contributed by atoms with Crippen LogP contribution < -0.4 is 10.9 Å². The second-order valence-electron chi connectivity index (χ2n) is 6.30. The van der Waals surface area contributed by atoms with Crippen molar-refractivity contribution in [3.8, 4) is 0 Å². The topological polar surface area (TPSA) is 73.2 Å². The van der Waals surface area contributed by atoms with Crippen LogP contribution in [0.15, 0.2) is 9.95 Å². The summed E-state index contributed by atoms with van der Waals surface area (Å²) in [5, 5.41) is 4.09. The molecule has 0 aliphatic carbocycles. The SMILES string of the molecule is COCCNC(=O)CSc1nc2sc(C)c(C)c2c(=O)n1CC(C)C. The Morgan fingerprint density at radius 3 is 2.76 bits per heavy atom. The minimum atomic E-state index is -0.0916. The van der Waals surface area contributed by atoms with E-state index in [1.807, 2.05) is 13.8 Å². The standard InChI is InChI=1S/C17H25N3O3S2/c1-10(2)8-20-16(22)14-11(3)12(4)25-15(14)19-17(20)24-9-13(21)18-6-7-23-5/h10H,6-9H2,1-5H3,(H,18,21). The van der Waals surface area contributed by atoms with E-state index in [0.29, 0.717) is 36.2 Å². The number of fused-ring (bicyclic) bond motifs is 1. The van der Waals surface area contributed by atoms with Crippen LogP contribution in [0.1, 0.15) is 24.3 Å². The Labute approximate surface area is 156 Å². The third-order valence-electron chi connectivity index (χ3n) is 3.76. The molecule has 0 spiro atoms. The number of carbonyl (C=O) groups is 1. The Morgan fingerprint density at radius 1 is 1.40 bits per heavy atom. The number of thioether (sulfide) groups is 1. The van der Waals surface area contributed by atoms with Gasteiger partial charge < -0.3 is 10.1 Å². The number of hydrogen-bond acceptors (Lipinski definition) is 6. The average molecular weight is 384 g/mol. The molecule has 0 fully saturated rings. The van der Waals surface area contributed by atoms with Gasteiger partial charge in [-0.25, -0.2) is 4.98 Å². The molecule has 0 aliphatic heterocycles. The summed E-state index contributed by atoms with van der Waals surface area (Å²) in [7, 11) is 1.59. The van der Waals surface area contributed by atoms with Crippen LogP contribution in [0.3, 0.4) is 0 Å². The van der Waals surface area contributed by atoms with Crippen LogP contribution in [0, 0.1) is 19.8 Å². The summed E-state index contributed by atoms with van der Waals surface area (Å²) >= 11 is 2.84. The molecule has 8 heteroatoms. The van der Waals surface area contributed by atoms with Gasteiger partial charge in [-0.1, -0.05) is 25.6 Å². The van der Waals surface area contributed by atoms with E-state index in [1.54, 1.807) is 11.7 Å². The molecule has 2 heterocycles. The summed E-state index contributed by atoms with van der Waals surface area (Å²) in [4.78, 5) is 31.4. The molecule has 0 unspecified atom stereocenters. The van der Waals surface area contributed by atoms with Gasteiger partial charge in [0.25, 0.3) is 5.56 Å². The van der Waals surface area contributed by atoms with Gasteiger partial charge in [0.2, 0.25) is 5.91 Å². The number of nitrogens with one attached hydrogen (secondary N) is 1. The molecule has 2 aromatic rings. The molecule has 0 aromatic carbocycles. The molecule has 0 radical (unpaired) electrons. The van der Waals surface area contributed by atoms with Crippen LogP contribution in [0.25, 0.3) is 10.2 Å². The highest BCUT2D eigenvalue weighted by Crippen LogP contribution is 2.28. The van der Waals surface area contributed by atoms with Crippen molar-refractivity contribution in [1.29, 1.82) is 0 Å². The Kier molecular flexibility index (Phi) is 7.04. The van der Waals surface area contributed by atoms with Gasteiger partial charge in [0.05, 0.1) is 17.7 Å². The summed E-state index contributed by atoms with van der Waals surface area (Å²) in [6.45, 7) is 9.64. The smallest absolute Gasteiger partial charge is 0.263 e. The molecule has 2 rings (SSSR count). The van der Waals surface area contributed by atoms with E-state index in [1.165, 1.54) is 23.1 Å². The van der Waals surface area contributed by atoms with E-state index in [2.05, 4.69) is 24.1 Å².